The van der Waals surface area contributed by atoms with E-state index in [-0.39, 0.29) is 16.2 Å². The Morgan fingerprint density at radius 1 is 1.19 bits per heavy atom. The summed E-state index contributed by atoms with van der Waals surface area (Å²) in [6.07, 6.45) is -4.76. The Morgan fingerprint density at radius 2 is 1.81 bits per heavy atom. The Bertz CT molecular complexity index is 722. The molecule has 0 saturated heterocycles. The fourth-order valence-electron chi connectivity index (χ4n) is 1.99. The van der Waals surface area contributed by atoms with Crippen LogP contribution in [0.1, 0.15) is 26.3 Å². The maximum absolute atomic E-state index is 13.3. The lowest BCUT2D eigenvalue weighted by atomic mass is 10.1. The van der Waals surface area contributed by atoms with E-state index < -0.39 is 23.1 Å². The molecule has 0 atom stereocenters. The van der Waals surface area contributed by atoms with Crippen LogP contribution in [0.3, 0.4) is 0 Å². The molecule has 114 valence electrons. The highest BCUT2D eigenvalue weighted by Gasteiger charge is 2.35. The Kier molecular flexibility index (Phi) is 3.69. The maximum atomic E-state index is 13.3. The highest BCUT2D eigenvalue weighted by Crippen LogP contribution is 2.34. The highest BCUT2D eigenvalue weighted by atomic mass is 32.1. The molecule has 0 unspecified atom stereocenters. The Balaban J connectivity index is 2.68. The third-order valence-corrected chi connectivity index (χ3v) is 3.15. The number of alkyl halides is 3. The van der Waals surface area contributed by atoms with Gasteiger partial charge in [-0.15, -0.1) is 0 Å². The van der Waals surface area contributed by atoms with Gasteiger partial charge in [0.2, 0.25) is 0 Å². The third-order valence-electron chi connectivity index (χ3n) is 2.87. The summed E-state index contributed by atoms with van der Waals surface area (Å²) in [5.74, 6) is -1.08. The van der Waals surface area contributed by atoms with E-state index in [1.54, 1.807) is 4.57 Å². The molecule has 2 aromatic rings. The van der Waals surface area contributed by atoms with Crippen molar-refractivity contribution in [1.82, 2.24) is 14.8 Å². The fourth-order valence-corrected chi connectivity index (χ4v) is 2.40. The zero-order valence-electron chi connectivity index (χ0n) is 11.5. The van der Waals surface area contributed by atoms with Gasteiger partial charge < -0.3 is 0 Å². The van der Waals surface area contributed by atoms with Gasteiger partial charge in [-0.2, -0.15) is 18.3 Å². The summed E-state index contributed by atoms with van der Waals surface area (Å²) in [5.41, 5.74) is -1.66. The number of aromatic nitrogens is 3. The smallest absolute Gasteiger partial charge is 0.295 e. The maximum Gasteiger partial charge on any atom is 0.419 e. The van der Waals surface area contributed by atoms with Gasteiger partial charge in [-0.05, 0) is 51.2 Å². The molecule has 0 radical (unpaired) electrons. The zero-order chi connectivity index (χ0) is 16.0. The van der Waals surface area contributed by atoms with Crippen molar-refractivity contribution in [3.63, 3.8) is 0 Å². The van der Waals surface area contributed by atoms with Crippen molar-refractivity contribution in [1.29, 1.82) is 0 Å². The van der Waals surface area contributed by atoms with E-state index in [1.807, 2.05) is 20.8 Å². The van der Waals surface area contributed by atoms with E-state index in [0.717, 1.165) is 12.1 Å². The minimum absolute atomic E-state index is 0.144. The normalized spacial score (nSPS) is 12.7. The summed E-state index contributed by atoms with van der Waals surface area (Å²) >= 11 is 5.10. The summed E-state index contributed by atoms with van der Waals surface area (Å²) in [6, 6.07) is 2.77. The topological polar surface area (TPSA) is 33.6 Å². The lowest BCUT2D eigenvalue weighted by Gasteiger charge is -2.22. The van der Waals surface area contributed by atoms with Crippen LogP contribution in [0, 0.1) is 10.6 Å². The molecule has 0 saturated carbocycles. The predicted octanol–water partition coefficient (Wildman–Crippen LogP) is 4.52. The Labute approximate surface area is 123 Å². The second kappa shape index (κ2) is 4.94. The van der Waals surface area contributed by atoms with Crippen LogP contribution in [0.2, 0.25) is 0 Å². The Hall–Kier alpha value is -1.70. The first kappa shape index (κ1) is 15.7. The monoisotopic (exact) mass is 319 g/mol. The van der Waals surface area contributed by atoms with Crippen molar-refractivity contribution < 1.29 is 17.6 Å². The van der Waals surface area contributed by atoms with Crippen LogP contribution in [-0.2, 0) is 11.7 Å². The molecule has 0 amide bonds. The number of nitrogens with one attached hydrogen (secondary N) is 1. The van der Waals surface area contributed by atoms with E-state index in [4.69, 9.17) is 12.2 Å². The van der Waals surface area contributed by atoms with Gasteiger partial charge in [0, 0.05) is 11.1 Å². The minimum atomic E-state index is -4.76. The summed E-state index contributed by atoms with van der Waals surface area (Å²) in [5, 5.41) is 6.52. The SMILES string of the molecule is CC(C)(C)n1c(-c2ccc(F)c(C(F)(F)F)c2)n[nH]c1=S. The van der Waals surface area contributed by atoms with Crippen LogP contribution in [0.4, 0.5) is 17.6 Å². The fraction of sp³-hybridized carbons (Fsp3) is 0.385. The molecule has 0 aliphatic carbocycles. The van der Waals surface area contributed by atoms with Crippen LogP contribution in [0.25, 0.3) is 11.4 Å². The standard InChI is InChI=1S/C13H13F4N3S/c1-12(2,3)20-10(18-19-11(20)21)7-4-5-9(14)8(6-7)13(15,16)17/h4-6H,1-3H3,(H,19,21). The molecule has 0 aliphatic heterocycles. The average molecular weight is 319 g/mol. The molecule has 1 N–H and O–H groups in total. The van der Waals surface area contributed by atoms with Gasteiger partial charge in [-0.1, -0.05) is 0 Å². The highest BCUT2D eigenvalue weighted by molar-refractivity contribution is 7.71. The van der Waals surface area contributed by atoms with E-state index in [0.29, 0.717) is 0 Å². The molecule has 1 heterocycles. The van der Waals surface area contributed by atoms with Gasteiger partial charge in [0.1, 0.15) is 5.82 Å². The molecule has 0 fully saturated rings. The Morgan fingerprint density at radius 3 is 2.33 bits per heavy atom. The first-order valence-corrected chi connectivity index (χ1v) is 6.47. The van der Waals surface area contributed by atoms with Crippen molar-refractivity contribution in [2.24, 2.45) is 0 Å². The summed E-state index contributed by atoms with van der Waals surface area (Å²) < 4.78 is 53.6. The van der Waals surface area contributed by atoms with Crippen LogP contribution in [0.15, 0.2) is 18.2 Å². The number of benzene rings is 1. The number of hydrogen-bond donors (Lipinski definition) is 1. The van der Waals surface area contributed by atoms with Gasteiger partial charge >= 0.3 is 6.18 Å². The summed E-state index contributed by atoms with van der Waals surface area (Å²) in [4.78, 5) is 0. The summed E-state index contributed by atoms with van der Waals surface area (Å²) in [6.45, 7) is 5.53. The molecule has 1 aromatic heterocycles. The molecule has 0 aliphatic rings. The number of aromatic amines is 1. The molecular weight excluding hydrogens is 306 g/mol. The van der Waals surface area contributed by atoms with Crippen molar-refractivity contribution in [2.75, 3.05) is 0 Å². The van der Waals surface area contributed by atoms with Crippen LogP contribution >= 0.6 is 12.2 Å². The summed E-state index contributed by atoms with van der Waals surface area (Å²) in [7, 11) is 0. The quantitative estimate of drug-likeness (QED) is 0.619. The lowest BCUT2D eigenvalue weighted by molar-refractivity contribution is -0.139. The largest absolute Gasteiger partial charge is 0.419 e. The molecule has 8 heteroatoms. The average Bonchev–Trinajstić information content (AvgIpc) is 2.70. The van der Waals surface area contributed by atoms with Crippen molar-refractivity contribution in [3.05, 3.63) is 34.4 Å². The van der Waals surface area contributed by atoms with Gasteiger partial charge in [0.05, 0.1) is 5.56 Å². The molecule has 1 aromatic carbocycles. The molecule has 0 bridgehead atoms. The molecule has 21 heavy (non-hydrogen) atoms. The van der Waals surface area contributed by atoms with Gasteiger partial charge in [0.25, 0.3) is 0 Å². The number of rotatable bonds is 1. The number of hydrogen-bond acceptors (Lipinski definition) is 2. The van der Waals surface area contributed by atoms with Crippen LogP contribution < -0.4 is 0 Å². The molecule has 3 nitrogen and oxygen atoms in total. The van der Waals surface area contributed by atoms with E-state index >= 15 is 0 Å². The molecule has 2 rings (SSSR count). The minimum Gasteiger partial charge on any atom is -0.295 e. The number of halogens is 4. The van der Waals surface area contributed by atoms with Crippen molar-refractivity contribution in [3.8, 4) is 11.4 Å². The zero-order valence-corrected chi connectivity index (χ0v) is 12.4. The van der Waals surface area contributed by atoms with Gasteiger partial charge in [0.15, 0.2) is 10.6 Å². The second-order valence-electron chi connectivity index (χ2n) is 5.55. The van der Waals surface area contributed by atoms with Gasteiger partial charge in [-0.25, -0.2) is 4.39 Å². The van der Waals surface area contributed by atoms with Crippen LogP contribution in [-0.4, -0.2) is 14.8 Å². The molecule has 0 spiro atoms. The van der Waals surface area contributed by atoms with Gasteiger partial charge in [-0.3, -0.25) is 9.67 Å². The first-order valence-electron chi connectivity index (χ1n) is 6.07. The number of nitrogens with zero attached hydrogens (tertiary/aromatic N) is 2. The van der Waals surface area contributed by atoms with E-state index in [9.17, 15) is 17.6 Å². The first-order chi connectivity index (χ1) is 9.51. The number of H-pyrrole nitrogens is 1. The predicted molar refractivity (Wildman–Crippen MR) is 72.8 cm³/mol. The van der Waals surface area contributed by atoms with Crippen molar-refractivity contribution in [2.45, 2.75) is 32.5 Å². The third kappa shape index (κ3) is 2.99. The van der Waals surface area contributed by atoms with E-state index in [1.165, 1.54) is 6.07 Å². The second-order valence-corrected chi connectivity index (χ2v) is 5.94. The van der Waals surface area contributed by atoms with E-state index in [2.05, 4.69) is 10.2 Å². The van der Waals surface area contributed by atoms with Crippen molar-refractivity contribution >= 4 is 12.2 Å². The lowest BCUT2D eigenvalue weighted by Crippen LogP contribution is -2.23. The molecular formula is C13H13F4N3S. The van der Waals surface area contributed by atoms with Crippen LogP contribution in [0.5, 0.6) is 0 Å².